The van der Waals surface area contributed by atoms with E-state index in [9.17, 15) is 14.9 Å². The van der Waals surface area contributed by atoms with Crippen LogP contribution < -0.4 is 5.73 Å². The van der Waals surface area contributed by atoms with E-state index >= 15 is 0 Å². The average Bonchev–Trinajstić information content (AvgIpc) is 2.53. The highest BCUT2D eigenvalue weighted by Gasteiger charge is 2.40. The first-order chi connectivity index (χ1) is 11.0. The lowest BCUT2D eigenvalue weighted by molar-refractivity contribution is -0.384. The molecule has 6 nitrogen and oxygen atoms in total. The van der Waals surface area contributed by atoms with Crippen LogP contribution in [0.3, 0.4) is 0 Å². The number of amides is 1. The van der Waals surface area contributed by atoms with Crippen molar-refractivity contribution in [3.05, 3.63) is 69.8 Å². The van der Waals surface area contributed by atoms with Gasteiger partial charge < -0.3 is 10.6 Å². The topological polar surface area (TPSA) is 89.5 Å². The van der Waals surface area contributed by atoms with Crippen molar-refractivity contribution in [2.75, 3.05) is 12.3 Å². The summed E-state index contributed by atoms with van der Waals surface area (Å²) in [6.07, 6.45) is 0. The fourth-order valence-electron chi connectivity index (χ4n) is 3.06. The molecule has 2 N–H and O–H groups in total. The number of carbonyl (C=O) groups is 1. The molecule has 6 heteroatoms. The van der Waals surface area contributed by atoms with Crippen molar-refractivity contribution in [3.8, 4) is 0 Å². The highest BCUT2D eigenvalue weighted by atomic mass is 16.6. The number of carbonyl (C=O) groups excluding carboxylic acids is 1. The maximum atomic E-state index is 12.8. The summed E-state index contributed by atoms with van der Waals surface area (Å²) in [7, 11) is 0. The van der Waals surface area contributed by atoms with Gasteiger partial charge in [0.1, 0.15) is 0 Å². The monoisotopic (exact) mass is 311 g/mol. The maximum Gasteiger partial charge on any atom is 0.270 e. The Morgan fingerprint density at radius 1 is 1.26 bits per heavy atom. The first-order valence-corrected chi connectivity index (χ1v) is 7.39. The lowest BCUT2D eigenvalue weighted by Gasteiger charge is -2.47. The van der Waals surface area contributed by atoms with Crippen LogP contribution in [0, 0.1) is 16.0 Å². The molecule has 2 atom stereocenters. The average molecular weight is 311 g/mol. The van der Waals surface area contributed by atoms with E-state index < -0.39 is 4.92 Å². The van der Waals surface area contributed by atoms with Crippen molar-refractivity contribution < 1.29 is 9.72 Å². The zero-order valence-electron chi connectivity index (χ0n) is 12.7. The molecular weight excluding hydrogens is 294 g/mol. The molecule has 118 valence electrons. The summed E-state index contributed by atoms with van der Waals surface area (Å²) in [6, 6.07) is 13.7. The van der Waals surface area contributed by atoms with E-state index in [1.165, 1.54) is 18.2 Å². The molecule has 1 heterocycles. The van der Waals surface area contributed by atoms with E-state index in [-0.39, 0.29) is 28.9 Å². The van der Waals surface area contributed by atoms with Gasteiger partial charge in [-0.1, -0.05) is 37.3 Å². The van der Waals surface area contributed by atoms with Gasteiger partial charge in [0.25, 0.3) is 11.6 Å². The Balaban J connectivity index is 1.92. The summed E-state index contributed by atoms with van der Waals surface area (Å²) < 4.78 is 0. The predicted molar refractivity (Wildman–Crippen MR) is 86.9 cm³/mol. The van der Waals surface area contributed by atoms with Gasteiger partial charge in [0.15, 0.2) is 0 Å². The van der Waals surface area contributed by atoms with Crippen LogP contribution in [-0.4, -0.2) is 22.3 Å². The molecule has 0 aromatic heterocycles. The van der Waals surface area contributed by atoms with E-state index in [0.717, 1.165) is 5.56 Å². The number of anilines is 1. The summed E-state index contributed by atoms with van der Waals surface area (Å²) in [5.41, 5.74) is 7.23. The van der Waals surface area contributed by atoms with Crippen molar-refractivity contribution in [2.24, 2.45) is 5.92 Å². The van der Waals surface area contributed by atoms with Gasteiger partial charge in [-0.15, -0.1) is 0 Å². The van der Waals surface area contributed by atoms with Crippen LogP contribution >= 0.6 is 0 Å². The van der Waals surface area contributed by atoms with Crippen LogP contribution in [0.25, 0.3) is 0 Å². The SMILES string of the molecule is C[C@H]1CN(C(=O)c2cc([N+](=O)[O-])ccc2N)[C@@H]1c1ccccc1. The molecule has 1 aliphatic heterocycles. The van der Waals surface area contributed by atoms with Gasteiger partial charge in [-0.25, -0.2) is 0 Å². The van der Waals surface area contributed by atoms with Crippen molar-refractivity contribution in [1.29, 1.82) is 0 Å². The van der Waals surface area contributed by atoms with E-state index in [1.54, 1.807) is 4.90 Å². The third-order valence-corrected chi connectivity index (χ3v) is 4.24. The number of likely N-dealkylation sites (tertiary alicyclic amines) is 1. The standard InChI is InChI=1S/C17H17N3O3/c1-11-10-19(16(11)12-5-3-2-4-6-12)17(21)14-9-13(20(22)23)7-8-15(14)18/h2-9,11,16H,10,18H2,1H3/t11-,16-/m0/s1. The van der Waals surface area contributed by atoms with Gasteiger partial charge in [-0.2, -0.15) is 0 Å². The molecule has 0 unspecified atom stereocenters. The Bertz CT molecular complexity index is 761. The number of nitrogens with zero attached hydrogens (tertiary/aromatic N) is 2. The lowest BCUT2D eigenvalue weighted by Crippen LogP contribution is -2.51. The Morgan fingerprint density at radius 3 is 2.57 bits per heavy atom. The summed E-state index contributed by atoms with van der Waals surface area (Å²) in [5.74, 6) is 0.0689. The fourth-order valence-corrected chi connectivity index (χ4v) is 3.06. The van der Waals surface area contributed by atoms with Crippen LogP contribution in [0.1, 0.15) is 28.9 Å². The molecule has 23 heavy (non-hydrogen) atoms. The highest BCUT2D eigenvalue weighted by Crippen LogP contribution is 2.40. The van der Waals surface area contributed by atoms with Crippen molar-refractivity contribution in [1.82, 2.24) is 4.90 Å². The minimum atomic E-state index is -0.524. The van der Waals surface area contributed by atoms with Crippen LogP contribution in [0.2, 0.25) is 0 Å². The second-order valence-corrected chi connectivity index (χ2v) is 5.82. The molecule has 0 radical (unpaired) electrons. The number of non-ortho nitro benzene ring substituents is 1. The zero-order chi connectivity index (χ0) is 16.6. The van der Waals surface area contributed by atoms with Crippen molar-refractivity contribution in [3.63, 3.8) is 0 Å². The molecule has 2 aromatic carbocycles. The molecule has 1 aliphatic rings. The largest absolute Gasteiger partial charge is 0.398 e. The smallest absolute Gasteiger partial charge is 0.270 e. The number of nitro groups is 1. The van der Waals surface area contributed by atoms with Gasteiger partial charge in [0.2, 0.25) is 0 Å². The molecule has 1 fully saturated rings. The van der Waals surface area contributed by atoms with Crippen LogP contribution in [0.5, 0.6) is 0 Å². The number of nitro benzene ring substituents is 1. The minimum Gasteiger partial charge on any atom is -0.398 e. The highest BCUT2D eigenvalue weighted by molar-refractivity contribution is 6.00. The number of hydrogen-bond donors (Lipinski definition) is 1. The second-order valence-electron chi connectivity index (χ2n) is 5.82. The molecular formula is C17H17N3O3. The Labute approximate surface area is 133 Å². The third kappa shape index (κ3) is 2.63. The van der Waals surface area contributed by atoms with E-state index in [4.69, 9.17) is 5.73 Å². The number of hydrogen-bond acceptors (Lipinski definition) is 4. The molecule has 1 amide bonds. The van der Waals surface area contributed by atoms with Crippen molar-refractivity contribution >= 4 is 17.3 Å². The summed E-state index contributed by atoms with van der Waals surface area (Å²) in [6.45, 7) is 2.69. The van der Waals surface area contributed by atoms with Crippen LogP contribution in [0.15, 0.2) is 48.5 Å². The molecule has 0 aliphatic carbocycles. The second kappa shape index (κ2) is 5.72. The minimum absolute atomic E-state index is 0.0256. The summed E-state index contributed by atoms with van der Waals surface area (Å²) in [4.78, 5) is 24.9. The van der Waals surface area contributed by atoms with Crippen LogP contribution in [-0.2, 0) is 0 Å². The normalized spacial score (nSPS) is 20.0. The Hall–Kier alpha value is -2.89. The van der Waals surface area contributed by atoms with E-state index in [0.29, 0.717) is 12.5 Å². The van der Waals surface area contributed by atoms with Gasteiger partial charge in [0.05, 0.1) is 16.5 Å². The van der Waals surface area contributed by atoms with Gasteiger partial charge >= 0.3 is 0 Å². The lowest BCUT2D eigenvalue weighted by atomic mass is 9.84. The Morgan fingerprint density at radius 2 is 1.96 bits per heavy atom. The molecule has 0 bridgehead atoms. The van der Waals surface area contributed by atoms with Gasteiger partial charge in [-0.3, -0.25) is 14.9 Å². The maximum absolute atomic E-state index is 12.8. The third-order valence-electron chi connectivity index (χ3n) is 4.24. The molecule has 2 aromatic rings. The molecule has 1 saturated heterocycles. The van der Waals surface area contributed by atoms with E-state index in [2.05, 4.69) is 6.92 Å². The van der Waals surface area contributed by atoms with Crippen molar-refractivity contribution in [2.45, 2.75) is 13.0 Å². The number of nitrogen functional groups attached to an aromatic ring is 1. The molecule has 0 saturated carbocycles. The number of nitrogens with two attached hydrogens (primary N) is 1. The first-order valence-electron chi connectivity index (χ1n) is 7.39. The molecule has 0 spiro atoms. The fraction of sp³-hybridized carbons (Fsp3) is 0.235. The van der Waals surface area contributed by atoms with E-state index in [1.807, 2.05) is 30.3 Å². The first kappa shape index (κ1) is 15.0. The quantitative estimate of drug-likeness (QED) is 0.536. The number of rotatable bonds is 3. The molecule has 3 rings (SSSR count). The summed E-state index contributed by atoms with van der Waals surface area (Å²) >= 11 is 0. The number of benzene rings is 2. The zero-order valence-corrected chi connectivity index (χ0v) is 12.7. The van der Waals surface area contributed by atoms with Gasteiger partial charge in [-0.05, 0) is 17.5 Å². The summed E-state index contributed by atoms with van der Waals surface area (Å²) in [5, 5.41) is 10.9. The Kier molecular flexibility index (Phi) is 3.73. The predicted octanol–water partition coefficient (Wildman–Crippen LogP) is 3.01. The van der Waals surface area contributed by atoms with Crippen LogP contribution in [0.4, 0.5) is 11.4 Å². The van der Waals surface area contributed by atoms with Gasteiger partial charge in [0, 0.05) is 24.4 Å².